The summed E-state index contributed by atoms with van der Waals surface area (Å²) in [4.78, 5) is 23.8. The summed E-state index contributed by atoms with van der Waals surface area (Å²) in [6.07, 6.45) is 0.843. The van der Waals surface area contributed by atoms with Gasteiger partial charge in [0.1, 0.15) is 0 Å². The van der Waals surface area contributed by atoms with E-state index in [0.29, 0.717) is 39.8 Å². The molecule has 1 aliphatic heterocycles. The number of nitrogens with zero attached hydrogens (tertiary/aromatic N) is 1. The van der Waals surface area contributed by atoms with Crippen molar-refractivity contribution in [2.24, 2.45) is 5.92 Å². The van der Waals surface area contributed by atoms with E-state index in [-0.39, 0.29) is 36.6 Å². The van der Waals surface area contributed by atoms with Crippen molar-refractivity contribution in [1.29, 1.82) is 0 Å². The molecular weight excluding hydrogens is 461 g/mol. The number of rotatable bonds is 6. The lowest BCUT2D eigenvalue weighted by Gasteiger charge is -2.30. The van der Waals surface area contributed by atoms with Crippen molar-refractivity contribution < 1.29 is 18.0 Å². The molecule has 10 heteroatoms. The highest BCUT2D eigenvalue weighted by molar-refractivity contribution is 7.88. The maximum absolute atomic E-state index is 12.8. The van der Waals surface area contributed by atoms with Gasteiger partial charge in [0, 0.05) is 47.4 Å². The summed E-state index contributed by atoms with van der Waals surface area (Å²) in [5, 5.41) is 6.27. The van der Waals surface area contributed by atoms with Gasteiger partial charge in [-0.1, -0.05) is 35.3 Å². The summed E-state index contributed by atoms with van der Waals surface area (Å²) < 4.78 is 27.0. The van der Waals surface area contributed by atoms with E-state index in [2.05, 4.69) is 10.6 Å². The predicted octanol–water partition coefficient (Wildman–Crippen LogP) is 4.13. The van der Waals surface area contributed by atoms with Gasteiger partial charge in [-0.2, -0.15) is 0 Å². The second-order valence-electron chi connectivity index (χ2n) is 7.42. The number of hydrogen-bond donors (Lipinski definition) is 2. The third-order valence-corrected chi connectivity index (χ3v) is 7.44. The largest absolute Gasteiger partial charge is 0.326 e. The Kier molecular flexibility index (Phi) is 7.59. The van der Waals surface area contributed by atoms with Crippen LogP contribution in [0.25, 0.3) is 0 Å². The van der Waals surface area contributed by atoms with Crippen LogP contribution in [0, 0.1) is 5.92 Å². The highest BCUT2D eigenvalue weighted by Crippen LogP contribution is 2.27. The summed E-state index contributed by atoms with van der Waals surface area (Å²) in [5.74, 6) is -0.875. The predicted molar refractivity (Wildman–Crippen MR) is 123 cm³/mol. The minimum absolute atomic E-state index is 0.169. The number of anilines is 2. The van der Waals surface area contributed by atoms with E-state index >= 15 is 0 Å². The van der Waals surface area contributed by atoms with Crippen LogP contribution in [0.5, 0.6) is 0 Å². The van der Waals surface area contributed by atoms with Gasteiger partial charge in [-0.3, -0.25) is 9.59 Å². The van der Waals surface area contributed by atoms with Crippen LogP contribution in [0.3, 0.4) is 0 Å². The van der Waals surface area contributed by atoms with E-state index in [0.717, 1.165) is 0 Å². The van der Waals surface area contributed by atoms with Gasteiger partial charge >= 0.3 is 0 Å². The monoisotopic (exact) mass is 483 g/mol. The molecule has 0 bridgehead atoms. The van der Waals surface area contributed by atoms with Crippen LogP contribution < -0.4 is 10.6 Å². The summed E-state index contributed by atoms with van der Waals surface area (Å²) in [5.41, 5.74) is 1.65. The number of carbonyl (C=O) groups is 2. The number of halogens is 2. The fraction of sp³-hybridized carbons (Fsp3) is 0.333. The number of carbonyl (C=O) groups excluding carboxylic acids is 2. The number of nitrogens with one attached hydrogen (secondary N) is 2. The average Bonchev–Trinajstić information content (AvgIpc) is 2.70. The Bertz CT molecular complexity index is 1080. The summed E-state index contributed by atoms with van der Waals surface area (Å²) in [7, 11) is -3.56. The highest BCUT2D eigenvalue weighted by Gasteiger charge is 2.31. The van der Waals surface area contributed by atoms with E-state index < -0.39 is 10.0 Å². The lowest BCUT2D eigenvalue weighted by atomic mass is 9.97. The molecular formula is C21H23Cl2N3O4S. The maximum atomic E-state index is 12.8. The SMILES string of the molecule is CC(=O)Nc1cccc(NC(=O)C2CCN(S(=O)(=O)Cc3ccc(Cl)cc3Cl)CC2)c1. The molecule has 2 aromatic carbocycles. The molecule has 1 saturated heterocycles. The van der Waals surface area contributed by atoms with Crippen molar-refractivity contribution in [3.63, 3.8) is 0 Å². The Morgan fingerprint density at radius 3 is 2.29 bits per heavy atom. The second kappa shape index (κ2) is 9.99. The number of hydrogen-bond acceptors (Lipinski definition) is 4. The van der Waals surface area contributed by atoms with Crippen molar-refractivity contribution in [2.45, 2.75) is 25.5 Å². The molecule has 1 heterocycles. The van der Waals surface area contributed by atoms with Gasteiger partial charge in [0.15, 0.2) is 0 Å². The van der Waals surface area contributed by atoms with Gasteiger partial charge in [-0.15, -0.1) is 0 Å². The maximum Gasteiger partial charge on any atom is 0.227 e. The third kappa shape index (κ3) is 6.43. The Hall–Kier alpha value is -2.13. The van der Waals surface area contributed by atoms with Crippen molar-refractivity contribution in [1.82, 2.24) is 4.31 Å². The van der Waals surface area contributed by atoms with Crippen molar-refractivity contribution in [2.75, 3.05) is 23.7 Å². The molecule has 0 saturated carbocycles. The lowest BCUT2D eigenvalue weighted by Crippen LogP contribution is -2.41. The molecule has 0 unspecified atom stereocenters. The van der Waals surface area contributed by atoms with Crippen molar-refractivity contribution >= 4 is 56.4 Å². The van der Waals surface area contributed by atoms with E-state index in [1.165, 1.54) is 17.3 Å². The minimum Gasteiger partial charge on any atom is -0.326 e. The molecule has 0 spiro atoms. The Morgan fingerprint density at radius 2 is 1.68 bits per heavy atom. The van der Waals surface area contributed by atoms with Crippen LogP contribution in [0.15, 0.2) is 42.5 Å². The molecule has 7 nitrogen and oxygen atoms in total. The third-order valence-electron chi connectivity index (χ3n) is 5.02. The molecule has 1 aliphatic rings. The van der Waals surface area contributed by atoms with E-state index in [4.69, 9.17) is 23.2 Å². The fourth-order valence-corrected chi connectivity index (χ4v) is 5.59. The van der Waals surface area contributed by atoms with Crippen LogP contribution in [0.2, 0.25) is 10.0 Å². The molecule has 2 N–H and O–H groups in total. The quantitative estimate of drug-likeness (QED) is 0.645. The van der Waals surface area contributed by atoms with Gasteiger partial charge in [-0.05, 0) is 48.7 Å². The molecule has 2 amide bonds. The van der Waals surface area contributed by atoms with Crippen LogP contribution in [-0.2, 0) is 25.4 Å². The van der Waals surface area contributed by atoms with E-state index in [1.807, 2.05) is 0 Å². The van der Waals surface area contributed by atoms with Crippen LogP contribution in [0.4, 0.5) is 11.4 Å². The highest BCUT2D eigenvalue weighted by atomic mass is 35.5. The van der Waals surface area contributed by atoms with Gasteiger partial charge in [0.25, 0.3) is 0 Å². The number of piperidine rings is 1. The Balaban J connectivity index is 1.57. The topological polar surface area (TPSA) is 95.6 Å². The summed E-state index contributed by atoms with van der Waals surface area (Å²) in [6.45, 7) is 1.93. The number of amides is 2. The summed E-state index contributed by atoms with van der Waals surface area (Å²) in [6, 6.07) is 11.6. The first-order valence-electron chi connectivity index (χ1n) is 9.74. The van der Waals surface area contributed by atoms with Crippen LogP contribution in [0.1, 0.15) is 25.3 Å². The minimum atomic E-state index is -3.56. The zero-order valence-electron chi connectivity index (χ0n) is 16.9. The molecule has 0 aliphatic carbocycles. The first kappa shape index (κ1) is 23.5. The molecule has 0 atom stereocenters. The van der Waals surface area contributed by atoms with Crippen LogP contribution in [-0.4, -0.2) is 37.6 Å². The lowest BCUT2D eigenvalue weighted by molar-refractivity contribution is -0.121. The molecule has 2 aromatic rings. The Morgan fingerprint density at radius 1 is 1.03 bits per heavy atom. The molecule has 31 heavy (non-hydrogen) atoms. The first-order valence-corrected chi connectivity index (χ1v) is 12.1. The number of benzene rings is 2. The van der Waals surface area contributed by atoms with Gasteiger partial charge in [-0.25, -0.2) is 12.7 Å². The average molecular weight is 484 g/mol. The fourth-order valence-electron chi connectivity index (χ4n) is 3.44. The normalized spacial score (nSPS) is 15.5. The van der Waals surface area contributed by atoms with Gasteiger partial charge in [0.2, 0.25) is 21.8 Å². The molecule has 3 rings (SSSR count). The first-order chi connectivity index (χ1) is 14.6. The number of sulfonamides is 1. The zero-order chi connectivity index (χ0) is 22.6. The second-order valence-corrected chi connectivity index (χ2v) is 10.2. The van der Waals surface area contributed by atoms with Crippen molar-refractivity contribution in [3.8, 4) is 0 Å². The Labute approximate surface area is 191 Å². The van der Waals surface area contributed by atoms with Gasteiger partial charge in [0.05, 0.1) is 5.75 Å². The molecule has 166 valence electrons. The van der Waals surface area contributed by atoms with Gasteiger partial charge < -0.3 is 10.6 Å². The molecule has 0 aromatic heterocycles. The molecule has 1 fully saturated rings. The van der Waals surface area contributed by atoms with Crippen LogP contribution >= 0.6 is 23.2 Å². The van der Waals surface area contributed by atoms with E-state index in [9.17, 15) is 18.0 Å². The summed E-state index contributed by atoms with van der Waals surface area (Å²) >= 11 is 12.0. The smallest absolute Gasteiger partial charge is 0.227 e. The molecule has 0 radical (unpaired) electrons. The van der Waals surface area contributed by atoms with Crippen molar-refractivity contribution in [3.05, 3.63) is 58.1 Å². The zero-order valence-corrected chi connectivity index (χ0v) is 19.2. The standard InChI is InChI=1S/C21H23Cl2N3O4S/c1-14(27)24-18-3-2-4-19(12-18)25-21(28)15-7-9-26(10-8-15)31(29,30)13-16-5-6-17(22)11-20(16)23/h2-6,11-12,15H,7-10,13H2,1H3,(H,24,27)(H,25,28). The van der Waals surface area contributed by atoms with E-state index in [1.54, 1.807) is 36.4 Å².